The molecule has 2 aromatic carbocycles. The first kappa shape index (κ1) is 24.2. The van der Waals surface area contributed by atoms with Crippen LogP contribution in [0.2, 0.25) is 5.02 Å². The molecule has 0 saturated carbocycles. The molecular formula is C23H28BrClN2O3. The average Bonchev–Trinajstić information content (AvgIpc) is 2.64. The topological polar surface area (TPSA) is 58.6 Å². The fourth-order valence-electron chi connectivity index (χ4n) is 2.76. The van der Waals surface area contributed by atoms with Crippen LogP contribution in [-0.4, -0.2) is 34.9 Å². The van der Waals surface area contributed by atoms with Gasteiger partial charge in [0.05, 0.1) is 4.47 Å². The van der Waals surface area contributed by atoms with Crippen molar-refractivity contribution in [2.24, 2.45) is 0 Å². The van der Waals surface area contributed by atoms with Crippen molar-refractivity contribution >= 4 is 39.3 Å². The Hall–Kier alpha value is -2.05. The highest BCUT2D eigenvalue weighted by Gasteiger charge is 2.28. The number of carbonyl (C=O) groups is 2. The maximum absolute atomic E-state index is 13.1. The monoisotopic (exact) mass is 494 g/mol. The summed E-state index contributed by atoms with van der Waals surface area (Å²) in [6, 6.07) is 12.3. The minimum Gasteiger partial charge on any atom is -0.483 e. The molecule has 0 aliphatic heterocycles. The predicted molar refractivity (Wildman–Crippen MR) is 124 cm³/mol. The summed E-state index contributed by atoms with van der Waals surface area (Å²) in [6.07, 6.45) is 0. The van der Waals surface area contributed by atoms with Crippen LogP contribution >= 0.6 is 27.5 Å². The number of amides is 2. The van der Waals surface area contributed by atoms with Crippen LogP contribution in [0.3, 0.4) is 0 Å². The number of hydrogen-bond donors (Lipinski definition) is 1. The van der Waals surface area contributed by atoms with Gasteiger partial charge in [-0.2, -0.15) is 0 Å². The molecule has 5 nitrogen and oxygen atoms in total. The van der Waals surface area contributed by atoms with E-state index in [1.165, 1.54) is 4.90 Å². The molecule has 0 bridgehead atoms. The smallest absolute Gasteiger partial charge is 0.261 e. The first-order valence-electron chi connectivity index (χ1n) is 9.71. The summed E-state index contributed by atoms with van der Waals surface area (Å²) in [5, 5.41) is 3.51. The SMILES string of the molecule is Cc1ccc(CN(C(=O)COc2ccc(Cl)cc2Br)[C@@H](C)C(=O)NC(C)(C)C)cc1. The highest BCUT2D eigenvalue weighted by molar-refractivity contribution is 9.10. The Bertz CT molecular complexity index is 894. The lowest BCUT2D eigenvalue weighted by Gasteiger charge is -2.31. The van der Waals surface area contributed by atoms with E-state index in [-0.39, 0.29) is 18.4 Å². The molecule has 0 fully saturated rings. The lowest BCUT2D eigenvalue weighted by atomic mass is 10.1. The summed E-state index contributed by atoms with van der Waals surface area (Å²) in [5.74, 6) is 0.0134. The summed E-state index contributed by atoms with van der Waals surface area (Å²) in [6.45, 7) is 9.57. The fraction of sp³-hybridized carbons (Fsp3) is 0.391. The number of nitrogens with one attached hydrogen (secondary N) is 1. The normalized spacial score (nSPS) is 12.2. The summed E-state index contributed by atoms with van der Waals surface area (Å²) in [7, 11) is 0. The Morgan fingerprint density at radius 1 is 1.17 bits per heavy atom. The lowest BCUT2D eigenvalue weighted by molar-refractivity contribution is -0.142. The van der Waals surface area contributed by atoms with E-state index in [0.717, 1.165) is 11.1 Å². The number of halogens is 2. The van der Waals surface area contributed by atoms with Gasteiger partial charge in [0.15, 0.2) is 6.61 Å². The van der Waals surface area contributed by atoms with Gasteiger partial charge in [0.25, 0.3) is 5.91 Å². The van der Waals surface area contributed by atoms with Gasteiger partial charge in [0, 0.05) is 17.1 Å². The molecule has 30 heavy (non-hydrogen) atoms. The van der Waals surface area contributed by atoms with Crippen molar-refractivity contribution in [3.8, 4) is 5.75 Å². The summed E-state index contributed by atoms with van der Waals surface area (Å²) < 4.78 is 6.35. The van der Waals surface area contributed by atoms with E-state index < -0.39 is 11.6 Å². The molecule has 0 saturated heterocycles. The van der Waals surface area contributed by atoms with Gasteiger partial charge in [-0.3, -0.25) is 9.59 Å². The van der Waals surface area contributed by atoms with E-state index in [2.05, 4.69) is 21.2 Å². The average molecular weight is 496 g/mol. The Morgan fingerprint density at radius 3 is 2.37 bits per heavy atom. The van der Waals surface area contributed by atoms with Crippen LogP contribution < -0.4 is 10.1 Å². The highest BCUT2D eigenvalue weighted by atomic mass is 79.9. The predicted octanol–water partition coefficient (Wildman–Crippen LogP) is 5.12. The van der Waals surface area contributed by atoms with Crippen LogP contribution in [-0.2, 0) is 16.1 Å². The van der Waals surface area contributed by atoms with Gasteiger partial charge in [-0.15, -0.1) is 0 Å². The molecule has 2 aromatic rings. The molecule has 0 aliphatic rings. The molecule has 162 valence electrons. The van der Waals surface area contributed by atoms with E-state index in [0.29, 0.717) is 21.8 Å². The quantitative estimate of drug-likeness (QED) is 0.580. The second-order valence-corrected chi connectivity index (χ2v) is 9.58. The zero-order chi connectivity index (χ0) is 22.5. The Balaban J connectivity index is 2.18. The highest BCUT2D eigenvalue weighted by Crippen LogP contribution is 2.28. The van der Waals surface area contributed by atoms with Gasteiger partial charge in [-0.05, 0) is 74.3 Å². The van der Waals surface area contributed by atoms with Gasteiger partial charge in [-0.1, -0.05) is 41.4 Å². The molecule has 2 rings (SSSR count). The van der Waals surface area contributed by atoms with Crippen LogP contribution in [0, 0.1) is 6.92 Å². The Morgan fingerprint density at radius 2 is 1.80 bits per heavy atom. The first-order valence-corrected chi connectivity index (χ1v) is 10.9. The second-order valence-electron chi connectivity index (χ2n) is 8.29. The number of rotatable bonds is 7. The van der Waals surface area contributed by atoms with Crippen molar-refractivity contribution in [2.45, 2.75) is 52.7 Å². The maximum Gasteiger partial charge on any atom is 0.261 e. The number of hydrogen-bond acceptors (Lipinski definition) is 3. The zero-order valence-electron chi connectivity index (χ0n) is 18.0. The number of carbonyl (C=O) groups excluding carboxylic acids is 2. The van der Waals surface area contributed by atoms with Crippen molar-refractivity contribution in [1.82, 2.24) is 10.2 Å². The molecule has 1 N–H and O–H groups in total. The molecular weight excluding hydrogens is 468 g/mol. The third-order valence-corrected chi connectivity index (χ3v) is 5.24. The third kappa shape index (κ3) is 7.33. The Kier molecular flexibility index (Phi) is 8.33. The van der Waals surface area contributed by atoms with Gasteiger partial charge < -0.3 is 15.0 Å². The standard InChI is InChI=1S/C23H28BrClN2O3/c1-15-6-8-17(9-7-15)13-27(16(2)22(29)26-23(3,4)5)21(28)14-30-20-11-10-18(25)12-19(20)24/h6-12,16H,13-14H2,1-5H3,(H,26,29)/t16-/m0/s1. The van der Waals surface area contributed by atoms with Gasteiger partial charge in [-0.25, -0.2) is 0 Å². The number of ether oxygens (including phenoxy) is 1. The fourth-order valence-corrected chi connectivity index (χ4v) is 3.56. The van der Waals surface area contributed by atoms with E-state index in [1.54, 1.807) is 25.1 Å². The molecule has 0 spiro atoms. The summed E-state index contributed by atoms with van der Waals surface area (Å²) in [5.41, 5.74) is 1.68. The largest absolute Gasteiger partial charge is 0.483 e. The number of benzene rings is 2. The van der Waals surface area contributed by atoms with Crippen LogP contribution in [0.25, 0.3) is 0 Å². The second kappa shape index (κ2) is 10.3. The molecule has 0 heterocycles. The third-order valence-electron chi connectivity index (χ3n) is 4.38. The number of aryl methyl sites for hydroxylation is 1. The minimum atomic E-state index is -0.657. The molecule has 7 heteroatoms. The van der Waals surface area contributed by atoms with Gasteiger partial charge >= 0.3 is 0 Å². The van der Waals surface area contributed by atoms with Crippen molar-refractivity contribution in [1.29, 1.82) is 0 Å². The van der Waals surface area contributed by atoms with Crippen molar-refractivity contribution in [3.05, 3.63) is 63.1 Å². The zero-order valence-corrected chi connectivity index (χ0v) is 20.3. The molecule has 0 unspecified atom stereocenters. The first-order chi connectivity index (χ1) is 14.0. The summed E-state index contributed by atoms with van der Waals surface area (Å²) in [4.78, 5) is 27.3. The van der Waals surface area contributed by atoms with Crippen LogP contribution in [0.1, 0.15) is 38.8 Å². The maximum atomic E-state index is 13.1. The van der Waals surface area contributed by atoms with E-state index in [4.69, 9.17) is 16.3 Å². The lowest BCUT2D eigenvalue weighted by Crippen LogP contribution is -2.53. The van der Waals surface area contributed by atoms with Crippen LogP contribution in [0.15, 0.2) is 46.9 Å². The molecule has 2 amide bonds. The van der Waals surface area contributed by atoms with E-state index >= 15 is 0 Å². The number of nitrogens with zero attached hydrogens (tertiary/aromatic N) is 1. The van der Waals surface area contributed by atoms with Crippen molar-refractivity contribution < 1.29 is 14.3 Å². The van der Waals surface area contributed by atoms with E-state index in [9.17, 15) is 9.59 Å². The molecule has 0 aromatic heterocycles. The Labute approximate surface area is 191 Å². The van der Waals surface area contributed by atoms with Gasteiger partial charge in [0.2, 0.25) is 5.91 Å². The van der Waals surface area contributed by atoms with Gasteiger partial charge in [0.1, 0.15) is 11.8 Å². The van der Waals surface area contributed by atoms with Crippen LogP contribution in [0.5, 0.6) is 5.75 Å². The van der Waals surface area contributed by atoms with Crippen LogP contribution in [0.4, 0.5) is 0 Å². The summed E-state index contributed by atoms with van der Waals surface area (Å²) >= 11 is 9.34. The molecule has 0 radical (unpaired) electrons. The van der Waals surface area contributed by atoms with Crippen molar-refractivity contribution in [3.63, 3.8) is 0 Å². The van der Waals surface area contributed by atoms with E-state index in [1.807, 2.05) is 52.0 Å². The molecule has 0 aliphatic carbocycles. The molecule has 1 atom stereocenters. The minimum absolute atomic E-state index is 0.195. The van der Waals surface area contributed by atoms with Crippen molar-refractivity contribution in [2.75, 3.05) is 6.61 Å².